The van der Waals surface area contributed by atoms with Crippen molar-refractivity contribution < 1.29 is 10.2 Å². The second kappa shape index (κ2) is 5.13. The van der Waals surface area contributed by atoms with Gasteiger partial charge in [0, 0.05) is 5.41 Å². The van der Waals surface area contributed by atoms with E-state index >= 15 is 0 Å². The molecular formula is C12H24O2. The molecule has 2 N–H and O–H groups in total. The van der Waals surface area contributed by atoms with Crippen molar-refractivity contribution in [2.24, 2.45) is 17.3 Å². The van der Waals surface area contributed by atoms with Crippen LogP contribution in [0, 0.1) is 17.3 Å². The first-order valence-corrected chi connectivity index (χ1v) is 5.86. The van der Waals surface area contributed by atoms with Crippen molar-refractivity contribution in [2.45, 2.75) is 46.0 Å². The van der Waals surface area contributed by atoms with E-state index < -0.39 is 0 Å². The molecule has 1 aliphatic rings. The summed E-state index contributed by atoms with van der Waals surface area (Å²) in [7, 11) is 0. The van der Waals surface area contributed by atoms with Crippen LogP contribution in [-0.2, 0) is 0 Å². The summed E-state index contributed by atoms with van der Waals surface area (Å²) in [6.07, 6.45) is 5.86. The molecule has 0 spiro atoms. The molecule has 0 aromatic rings. The zero-order valence-electron chi connectivity index (χ0n) is 9.50. The second-order valence-electron chi connectivity index (χ2n) is 5.26. The number of aliphatic hydroxyl groups is 2. The fourth-order valence-electron chi connectivity index (χ4n) is 2.96. The summed E-state index contributed by atoms with van der Waals surface area (Å²) in [6.45, 7) is 4.61. The minimum atomic E-state index is -0.204. The lowest BCUT2D eigenvalue weighted by Crippen LogP contribution is -2.38. The highest BCUT2D eigenvalue weighted by atomic mass is 16.3. The van der Waals surface area contributed by atoms with Gasteiger partial charge in [0.15, 0.2) is 0 Å². The number of hydrogen-bond donors (Lipinski definition) is 2. The maximum absolute atomic E-state index is 9.53. The summed E-state index contributed by atoms with van der Waals surface area (Å²) in [5.41, 5.74) is -0.204. The summed E-state index contributed by atoms with van der Waals surface area (Å²) >= 11 is 0. The SMILES string of the molecule is CC(C)CC(CO)(CO)C1CCCC1. The minimum absolute atomic E-state index is 0.145. The van der Waals surface area contributed by atoms with Crippen molar-refractivity contribution in [1.82, 2.24) is 0 Å². The Labute approximate surface area is 87.3 Å². The third kappa shape index (κ3) is 2.48. The summed E-state index contributed by atoms with van der Waals surface area (Å²) in [4.78, 5) is 0. The molecule has 2 heteroatoms. The van der Waals surface area contributed by atoms with Crippen LogP contribution in [0.4, 0.5) is 0 Å². The van der Waals surface area contributed by atoms with Gasteiger partial charge >= 0.3 is 0 Å². The van der Waals surface area contributed by atoms with Crippen molar-refractivity contribution in [3.05, 3.63) is 0 Å². The first-order valence-electron chi connectivity index (χ1n) is 5.86. The van der Waals surface area contributed by atoms with Crippen LogP contribution in [0.2, 0.25) is 0 Å². The standard InChI is InChI=1S/C12H24O2/c1-10(2)7-12(8-13,9-14)11-5-3-4-6-11/h10-11,13-14H,3-9H2,1-2H3. The Morgan fingerprint density at radius 2 is 1.64 bits per heavy atom. The van der Waals surface area contributed by atoms with Gasteiger partial charge in [-0.1, -0.05) is 26.7 Å². The van der Waals surface area contributed by atoms with Gasteiger partial charge in [-0.15, -0.1) is 0 Å². The van der Waals surface area contributed by atoms with E-state index in [-0.39, 0.29) is 18.6 Å². The molecule has 14 heavy (non-hydrogen) atoms. The fourth-order valence-corrected chi connectivity index (χ4v) is 2.96. The van der Waals surface area contributed by atoms with E-state index in [0.717, 1.165) is 6.42 Å². The lowest BCUT2D eigenvalue weighted by Gasteiger charge is -2.37. The van der Waals surface area contributed by atoms with E-state index in [1.54, 1.807) is 0 Å². The van der Waals surface area contributed by atoms with E-state index in [4.69, 9.17) is 0 Å². The van der Waals surface area contributed by atoms with E-state index in [9.17, 15) is 10.2 Å². The second-order valence-corrected chi connectivity index (χ2v) is 5.26. The van der Waals surface area contributed by atoms with Gasteiger partial charge < -0.3 is 10.2 Å². The lowest BCUT2D eigenvalue weighted by atomic mass is 9.70. The van der Waals surface area contributed by atoms with Crippen LogP contribution < -0.4 is 0 Å². The topological polar surface area (TPSA) is 40.5 Å². The van der Waals surface area contributed by atoms with Crippen LogP contribution in [0.15, 0.2) is 0 Å². The Bertz CT molecular complexity index is 156. The van der Waals surface area contributed by atoms with E-state index in [0.29, 0.717) is 11.8 Å². The quantitative estimate of drug-likeness (QED) is 0.714. The number of rotatable bonds is 5. The Balaban J connectivity index is 2.67. The molecule has 0 unspecified atom stereocenters. The molecule has 0 aliphatic heterocycles. The normalized spacial score (nSPS) is 19.5. The van der Waals surface area contributed by atoms with Crippen LogP contribution in [-0.4, -0.2) is 23.4 Å². The average Bonchev–Trinajstić information content (AvgIpc) is 2.67. The molecule has 0 aromatic heterocycles. The zero-order chi connectivity index (χ0) is 10.6. The van der Waals surface area contributed by atoms with Gasteiger partial charge in [0.1, 0.15) is 0 Å². The molecule has 2 nitrogen and oxygen atoms in total. The van der Waals surface area contributed by atoms with Crippen molar-refractivity contribution in [3.63, 3.8) is 0 Å². The van der Waals surface area contributed by atoms with Gasteiger partial charge in [-0.25, -0.2) is 0 Å². The molecule has 0 bridgehead atoms. The highest BCUT2D eigenvalue weighted by Crippen LogP contribution is 2.43. The lowest BCUT2D eigenvalue weighted by molar-refractivity contribution is -0.0108. The molecule has 0 aromatic carbocycles. The zero-order valence-corrected chi connectivity index (χ0v) is 9.50. The predicted molar refractivity (Wildman–Crippen MR) is 58.0 cm³/mol. The van der Waals surface area contributed by atoms with Crippen molar-refractivity contribution >= 4 is 0 Å². The molecule has 1 fully saturated rings. The van der Waals surface area contributed by atoms with E-state index in [2.05, 4.69) is 13.8 Å². The highest BCUT2D eigenvalue weighted by Gasteiger charge is 2.39. The van der Waals surface area contributed by atoms with Crippen LogP contribution in [0.3, 0.4) is 0 Å². The number of hydrogen-bond acceptors (Lipinski definition) is 2. The molecule has 0 heterocycles. The predicted octanol–water partition coefficient (Wildman–Crippen LogP) is 2.19. The molecule has 1 aliphatic carbocycles. The Morgan fingerprint density at radius 3 is 2.00 bits per heavy atom. The Morgan fingerprint density at radius 1 is 1.14 bits per heavy atom. The third-order valence-corrected chi connectivity index (χ3v) is 3.67. The molecule has 0 radical (unpaired) electrons. The summed E-state index contributed by atoms with van der Waals surface area (Å²) in [5, 5.41) is 19.1. The summed E-state index contributed by atoms with van der Waals surface area (Å²) < 4.78 is 0. The van der Waals surface area contributed by atoms with Crippen LogP contribution in [0.1, 0.15) is 46.0 Å². The molecular weight excluding hydrogens is 176 g/mol. The van der Waals surface area contributed by atoms with Gasteiger partial charge in [0.25, 0.3) is 0 Å². The summed E-state index contributed by atoms with van der Waals surface area (Å²) in [5.74, 6) is 1.09. The maximum atomic E-state index is 9.53. The molecule has 84 valence electrons. The van der Waals surface area contributed by atoms with Gasteiger partial charge in [-0.05, 0) is 31.1 Å². The minimum Gasteiger partial charge on any atom is -0.396 e. The molecule has 0 saturated heterocycles. The summed E-state index contributed by atoms with van der Waals surface area (Å²) in [6, 6.07) is 0. The van der Waals surface area contributed by atoms with E-state index in [1.165, 1.54) is 25.7 Å². The smallest absolute Gasteiger partial charge is 0.0512 e. The molecule has 1 rings (SSSR count). The first-order chi connectivity index (χ1) is 6.64. The largest absolute Gasteiger partial charge is 0.396 e. The van der Waals surface area contributed by atoms with E-state index in [1.807, 2.05) is 0 Å². The Hall–Kier alpha value is -0.0800. The van der Waals surface area contributed by atoms with Crippen LogP contribution in [0.5, 0.6) is 0 Å². The molecule has 1 saturated carbocycles. The fraction of sp³-hybridized carbons (Fsp3) is 1.00. The van der Waals surface area contributed by atoms with Crippen LogP contribution >= 0.6 is 0 Å². The highest BCUT2D eigenvalue weighted by molar-refractivity contribution is 4.89. The molecule has 0 atom stereocenters. The van der Waals surface area contributed by atoms with Gasteiger partial charge in [-0.2, -0.15) is 0 Å². The first kappa shape index (κ1) is 12.0. The maximum Gasteiger partial charge on any atom is 0.0512 e. The van der Waals surface area contributed by atoms with Crippen LogP contribution in [0.25, 0.3) is 0 Å². The van der Waals surface area contributed by atoms with Crippen molar-refractivity contribution in [3.8, 4) is 0 Å². The average molecular weight is 200 g/mol. The number of aliphatic hydroxyl groups excluding tert-OH is 2. The van der Waals surface area contributed by atoms with Gasteiger partial charge in [0.2, 0.25) is 0 Å². The third-order valence-electron chi connectivity index (χ3n) is 3.67. The van der Waals surface area contributed by atoms with Crippen molar-refractivity contribution in [1.29, 1.82) is 0 Å². The van der Waals surface area contributed by atoms with Gasteiger partial charge in [-0.3, -0.25) is 0 Å². The van der Waals surface area contributed by atoms with Crippen molar-refractivity contribution in [2.75, 3.05) is 13.2 Å². The van der Waals surface area contributed by atoms with Gasteiger partial charge in [0.05, 0.1) is 13.2 Å². The molecule has 0 amide bonds. The Kier molecular flexibility index (Phi) is 4.39. The monoisotopic (exact) mass is 200 g/mol.